The Bertz CT molecular complexity index is 350. The van der Waals surface area contributed by atoms with E-state index in [0.717, 1.165) is 18.1 Å². The van der Waals surface area contributed by atoms with Gasteiger partial charge in [-0.2, -0.15) is 0 Å². The van der Waals surface area contributed by atoms with Crippen molar-refractivity contribution in [2.75, 3.05) is 0 Å². The Labute approximate surface area is 69.8 Å². The Morgan fingerprint density at radius 2 is 2.58 bits per heavy atom. The Hall–Kier alpha value is -1.58. The molecule has 2 heterocycles. The van der Waals surface area contributed by atoms with Gasteiger partial charge in [0.1, 0.15) is 0 Å². The van der Waals surface area contributed by atoms with Crippen LogP contribution < -0.4 is 0 Å². The van der Waals surface area contributed by atoms with Gasteiger partial charge in [0, 0.05) is 6.54 Å². The fraction of sp³-hybridized carbons (Fsp3) is 0.250. The van der Waals surface area contributed by atoms with Crippen LogP contribution in [-0.4, -0.2) is 14.8 Å². The number of aromatic nitrogens is 3. The fourth-order valence-corrected chi connectivity index (χ4v) is 1.03. The van der Waals surface area contributed by atoms with Crippen LogP contribution in [0.3, 0.4) is 0 Å². The molecule has 0 fully saturated rings. The lowest BCUT2D eigenvalue weighted by atomic mass is 10.4. The molecule has 2 aromatic rings. The van der Waals surface area contributed by atoms with Crippen LogP contribution in [0.25, 0.3) is 11.6 Å². The van der Waals surface area contributed by atoms with E-state index in [9.17, 15) is 0 Å². The van der Waals surface area contributed by atoms with Gasteiger partial charge in [-0.15, -0.1) is 10.2 Å². The minimum Gasteiger partial charge on any atom is -0.461 e. The van der Waals surface area contributed by atoms with Crippen molar-refractivity contribution in [3.05, 3.63) is 24.7 Å². The molecule has 0 saturated carbocycles. The maximum atomic E-state index is 5.18. The Kier molecular flexibility index (Phi) is 1.66. The first kappa shape index (κ1) is 7.09. The standard InChI is InChI=1S/C8H8N3O/c1-2-11-6-9-10-8(11)7-4-3-5-12-7/h3-5H,2H2,1H3. The van der Waals surface area contributed by atoms with E-state index < -0.39 is 0 Å². The fourth-order valence-electron chi connectivity index (χ4n) is 1.03. The van der Waals surface area contributed by atoms with E-state index in [-0.39, 0.29) is 0 Å². The molecule has 4 nitrogen and oxygen atoms in total. The van der Waals surface area contributed by atoms with Gasteiger partial charge in [-0.3, -0.25) is 0 Å². The molecule has 0 spiro atoms. The predicted molar refractivity (Wildman–Crippen MR) is 42.2 cm³/mol. The lowest BCUT2D eigenvalue weighted by Gasteiger charge is -1.97. The minimum absolute atomic E-state index is 0.725. The van der Waals surface area contributed by atoms with Crippen molar-refractivity contribution in [1.29, 1.82) is 0 Å². The summed E-state index contributed by atoms with van der Waals surface area (Å²) in [6, 6.07) is 3.67. The van der Waals surface area contributed by atoms with Crippen molar-refractivity contribution in [2.45, 2.75) is 13.5 Å². The molecule has 0 aliphatic carbocycles. The van der Waals surface area contributed by atoms with Gasteiger partial charge in [0.15, 0.2) is 11.6 Å². The molecule has 12 heavy (non-hydrogen) atoms. The molecule has 0 aliphatic heterocycles. The molecular weight excluding hydrogens is 154 g/mol. The van der Waals surface area contributed by atoms with Crippen LogP contribution in [0.2, 0.25) is 0 Å². The topological polar surface area (TPSA) is 43.9 Å². The average Bonchev–Trinajstić information content (AvgIpc) is 2.74. The third-order valence-corrected chi connectivity index (χ3v) is 1.62. The maximum absolute atomic E-state index is 5.18. The number of hydrogen-bond acceptors (Lipinski definition) is 3. The van der Waals surface area contributed by atoms with E-state index in [2.05, 4.69) is 16.5 Å². The average molecular weight is 162 g/mol. The second-order valence-corrected chi connectivity index (χ2v) is 2.35. The molecule has 0 amide bonds. The Morgan fingerprint density at radius 3 is 3.25 bits per heavy atom. The van der Waals surface area contributed by atoms with Gasteiger partial charge in [-0.05, 0) is 19.1 Å². The summed E-state index contributed by atoms with van der Waals surface area (Å²) < 4.78 is 6.98. The number of furan rings is 1. The molecule has 2 rings (SSSR count). The van der Waals surface area contributed by atoms with Crippen LogP contribution in [0, 0.1) is 6.33 Å². The monoisotopic (exact) mass is 162 g/mol. The first-order chi connectivity index (χ1) is 5.92. The summed E-state index contributed by atoms with van der Waals surface area (Å²) in [6.07, 6.45) is 4.35. The van der Waals surface area contributed by atoms with Crippen LogP contribution in [-0.2, 0) is 6.54 Å². The molecule has 1 radical (unpaired) electrons. The highest BCUT2D eigenvalue weighted by Gasteiger charge is 2.07. The molecule has 0 saturated heterocycles. The van der Waals surface area contributed by atoms with Crippen molar-refractivity contribution >= 4 is 0 Å². The van der Waals surface area contributed by atoms with Crippen LogP contribution in [0.4, 0.5) is 0 Å². The summed E-state index contributed by atoms with van der Waals surface area (Å²) >= 11 is 0. The number of rotatable bonds is 2. The highest BCUT2D eigenvalue weighted by molar-refractivity contribution is 5.45. The second kappa shape index (κ2) is 2.81. The van der Waals surface area contributed by atoms with Crippen molar-refractivity contribution in [1.82, 2.24) is 14.8 Å². The molecule has 0 aromatic carbocycles. The van der Waals surface area contributed by atoms with E-state index in [1.165, 1.54) is 0 Å². The second-order valence-electron chi connectivity index (χ2n) is 2.35. The van der Waals surface area contributed by atoms with Gasteiger partial charge in [-0.1, -0.05) is 0 Å². The predicted octanol–water partition coefficient (Wildman–Crippen LogP) is 1.36. The van der Waals surface area contributed by atoms with E-state index in [1.807, 2.05) is 19.1 Å². The summed E-state index contributed by atoms with van der Waals surface area (Å²) in [6.45, 7) is 2.80. The largest absolute Gasteiger partial charge is 0.461 e. The zero-order valence-corrected chi connectivity index (χ0v) is 6.69. The summed E-state index contributed by atoms with van der Waals surface area (Å²) in [4.78, 5) is 0. The number of aryl methyl sites for hydroxylation is 1. The SMILES string of the molecule is CCn1[c]nnc1-c1ccco1. The van der Waals surface area contributed by atoms with Crippen molar-refractivity contribution in [2.24, 2.45) is 0 Å². The van der Waals surface area contributed by atoms with Gasteiger partial charge < -0.3 is 8.98 Å². The summed E-state index contributed by atoms with van der Waals surface area (Å²) in [5.74, 6) is 1.45. The molecule has 2 aromatic heterocycles. The lowest BCUT2D eigenvalue weighted by Crippen LogP contribution is -1.94. The van der Waals surface area contributed by atoms with Crippen LogP contribution >= 0.6 is 0 Å². The highest BCUT2D eigenvalue weighted by atomic mass is 16.3. The van der Waals surface area contributed by atoms with Crippen molar-refractivity contribution in [3.8, 4) is 11.6 Å². The Balaban J connectivity index is 2.46. The van der Waals surface area contributed by atoms with E-state index in [4.69, 9.17) is 4.42 Å². The first-order valence-corrected chi connectivity index (χ1v) is 3.76. The molecule has 4 heteroatoms. The quantitative estimate of drug-likeness (QED) is 0.669. The van der Waals surface area contributed by atoms with Gasteiger partial charge >= 0.3 is 0 Å². The van der Waals surface area contributed by atoms with Gasteiger partial charge in [0.2, 0.25) is 6.33 Å². The molecule has 0 bridgehead atoms. The summed E-state index contributed by atoms with van der Waals surface area (Å²) in [5.41, 5.74) is 0. The Morgan fingerprint density at radius 1 is 1.67 bits per heavy atom. The third kappa shape index (κ3) is 1.01. The van der Waals surface area contributed by atoms with Gasteiger partial charge in [-0.25, -0.2) is 0 Å². The number of hydrogen-bond donors (Lipinski definition) is 0. The van der Waals surface area contributed by atoms with Gasteiger partial charge in [0.05, 0.1) is 6.26 Å². The van der Waals surface area contributed by atoms with Crippen LogP contribution in [0.5, 0.6) is 0 Å². The molecule has 61 valence electrons. The van der Waals surface area contributed by atoms with Crippen molar-refractivity contribution < 1.29 is 4.42 Å². The number of nitrogens with zero attached hydrogens (tertiary/aromatic N) is 3. The molecule has 0 N–H and O–H groups in total. The van der Waals surface area contributed by atoms with E-state index in [1.54, 1.807) is 10.8 Å². The zero-order valence-electron chi connectivity index (χ0n) is 6.69. The van der Waals surface area contributed by atoms with Crippen LogP contribution in [0.1, 0.15) is 6.92 Å². The molecular formula is C8H8N3O. The first-order valence-electron chi connectivity index (χ1n) is 3.76. The van der Waals surface area contributed by atoms with E-state index in [0.29, 0.717) is 0 Å². The summed E-state index contributed by atoms with van der Waals surface area (Å²) in [5, 5.41) is 7.57. The van der Waals surface area contributed by atoms with E-state index >= 15 is 0 Å². The smallest absolute Gasteiger partial charge is 0.202 e. The minimum atomic E-state index is 0.725. The van der Waals surface area contributed by atoms with Gasteiger partial charge in [0.25, 0.3) is 0 Å². The third-order valence-electron chi connectivity index (χ3n) is 1.62. The van der Waals surface area contributed by atoms with Crippen LogP contribution in [0.15, 0.2) is 22.8 Å². The van der Waals surface area contributed by atoms with Crippen molar-refractivity contribution in [3.63, 3.8) is 0 Å². The lowest BCUT2D eigenvalue weighted by molar-refractivity contribution is 0.570. The molecule has 0 aliphatic rings. The molecule has 0 atom stereocenters. The zero-order chi connectivity index (χ0) is 8.39. The normalized spacial score (nSPS) is 10.4. The highest BCUT2D eigenvalue weighted by Crippen LogP contribution is 2.15. The maximum Gasteiger partial charge on any atom is 0.202 e. The molecule has 0 unspecified atom stereocenters. The summed E-state index contributed by atoms with van der Waals surface area (Å²) in [7, 11) is 0.